The van der Waals surface area contributed by atoms with Gasteiger partial charge in [-0.1, -0.05) is 271 Å². The van der Waals surface area contributed by atoms with Crippen LogP contribution in [0.1, 0.15) is 303 Å². The Balaban J connectivity index is 4.34. The minimum Gasteiger partial charge on any atom is -0.462 e. The van der Waals surface area contributed by atoms with E-state index in [1.807, 2.05) is 0 Å². The average Bonchev–Trinajstić information content (AvgIpc) is 3.43. The number of rotatable bonds is 58. The van der Waals surface area contributed by atoms with E-state index >= 15 is 0 Å². The van der Waals surface area contributed by atoms with Crippen LogP contribution in [0.4, 0.5) is 0 Å². The molecule has 0 saturated carbocycles. The van der Waals surface area contributed by atoms with Gasteiger partial charge in [0.15, 0.2) is 6.10 Å². The summed E-state index contributed by atoms with van der Waals surface area (Å²) in [5, 5.41) is 0. The standard InChI is InChI=1S/C71H120O6/c1-4-7-10-13-16-19-22-25-28-30-31-32-33-34-35-36-37-38-39-41-43-46-49-52-55-58-61-64-70(73)76-67-68(66-75-69(72)63-60-57-54-51-48-45-42-27-24-21-18-15-12-9-6-3)77-71(74)65-62-59-56-53-50-47-44-40-29-26-23-20-17-14-11-8-5-2/h8-9,11-12,17-18,20-21,26-27,29-31,42,44,47-48,51,68H,4-7,10,13-16,19,22-25,28,32-41,43,45-46,49-50,52-67H2,1-3H3/b11-8-,12-9-,20-17-,21-18-,29-26-,31-30-,42-27-,47-44-,51-48-. The van der Waals surface area contributed by atoms with Crippen LogP contribution in [0.15, 0.2) is 109 Å². The van der Waals surface area contributed by atoms with E-state index in [4.69, 9.17) is 14.2 Å². The minimum absolute atomic E-state index is 0.101. The molecule has 0 aromatic heterocycles. The van der Waals surface area contributed by atoms with Gasteiger partial charge in [-0.25, -0.2) is 0 Å². The Morgan fingerprint density at radius 2 is 0.506 bits per heavy atom. The van der Waals surface area contributed by atoms with Crippen molar-refractivity contribution in [3.8, 4) is 0 Å². The number of ether oxygens (including phenoxy) is 3. The number of unbranched alkanes of at least 4 members (excludes halogenated alkanes) is 29. The zero-order chi connectivity index (χ0) is 55.7. The van der Waals surface area contributed by atoms with E-state index in [0.717, 1.165) is 122 Å². The molecular weight excluding hydrogens is 949 g/mol. The van der Waals surface area contributed by atoms with Crippen molar-refractivity contribution in [3.05, 3.63) is 109 Å². The Bertz CT molecular complexity index is 1560. The van der Waals surface area contributed by atoms with E-state index < -0.39 is 6.10 Å². The highest BCUT2D eigenvalue weighted by Gasteiger charge is 2.19. The molecule has 0 fully saturated rings. The van der Waals surface area contributed by atoms with Gasteiger partial charge in [-0.15, -0.1) is 0 Å². The monoisotopic (exact) mass is 1070 g/mol. The fraction of sp³-hybridized carbons (Fsp3) is 0.704. The van der Waals surface area contributed by atoms with Crippen LogP contribution in [-0.2, 0) is 28.6 Å². The molecule has 0 aliphatic heterocycles. The number of carbonyl (C=O) groups excluding carboxylic acids is 3. The normalized spacial score (nSPS) is 12.8. The fourth-order valence-electron chi connectivity index (χ4n) is 8.95. The Morgan fingerprint density at radius 1 is 0.273 bits per heavy atom. The molecule has 1 unspecified atom stereocenters. The van der Waals surface area contributed by atoms with Crippen LogP contribution in [-0.4, -0.2) is 37.2 Å². The predicted molar refractivity (Wildman–Crippen MR) is 334 cm³/mol. The van der Waals surface area contributed by atoms with Crippen molar-refractivity contribution >= 4 is 17.9 Å². The summed E-state index contributed by atoms with van der Waals surface area (Å²) in [6.45, 7) is 6.38. The van der Waals surface area contributed by atoms with Crippen LogP contribution in [0.2, 0.25) is 0 Å². The summed E-state index contributed by atoms with van der Waals surface area (Å²) in [5.74, 6) is -0.962. The number of esters is 3. The lowest BCUT2D eigenvalue weighted by molar-refractivity contribution is -0.167. The van der Waals surface area contributed by atoms with Crippen LogP contribution in [0.5, 0.6) is 0 Å². The minimum atomic E-state index is -0.811. The van der Waals surface area contributed by atoms with Crippen LogP contribution < -0.4 is 0 Å². The third-order valence-corrected chi connectivity index (χ3v) is 13.7. The number of carbonyl (C=O) groups is 3. The first-order valence-electron chi connectivity index (χ1n) is 32.4. The lowest BCUT2D eigenvalue weighted by Crippen LogP contribution is -2.30. The molecule has 440 valence electrons. The maximum absolute atomic E-state index is 12.9. The summed E-state index contributed by atoms with van der Waals surface area (Å²) in [6, 6.07) is 0. The van der Waals surface area contributed by atoms with E-state index in [0.29, 0.717) is 12.8 Å². The van der Waals surface area contributed by atoms with Crippen LogP contribution in [0.3, 0.4) is 0 Å². The molecular formula is C71H120O6. The Hall–Kier alpha value is -3.93. The number of hydrogen-bond donors (Lipinski definition) is 0. The van der Waals surface area contributed by atoms with E-state index in [1.54, 1.807) is 0 Å². The zero-order valence-corrected chi connectivity index (χ0v) is 50.4. The third kappa shape index (κ3) is 62.8. The molecule has 0 aliphatic rings. The molecule has 6 heteroatoms. The molecule has 0 amide bonds. The summed E-state index contributed by atoms with van der Waals surface area (Å²) in [4.78, 5) is 38.3. The zero-order valence-electron chi connectivity index (χ0n) is 50.4. The third-order valence-electron chi connectivity index (χ3n) is 13.7. The van der Waals surface area contributed by atoms with Crippen molar-refractivity contribution < 1.29 is 28.6 Å². The highest BCUT2D eigenvalue weighted by atomic mass is 16.6. The van der Waals surface area contributed by atoms with Crippen molar-refractivity contribution in [1.29, 1.82) is 0 Å². The maximum Gasteiger partial charge on any atom is 0.306 e. The van der Waals surface area contributed by atoms with Crippen molar-refractivity contribution in [1.82, 2.24) is 0 Å². The van der Waals surface area contributed by atoms with Crippen molar-refractivity contribution in [2.45, 2.75) is 309 Å². The second kappa shape index (κ2) is 64.6. The van der Waals surface area contributed by atoms with Gasteiger partial charge in [0.1, 0.15) is 13.2 Å². The molecule has 6 nitrogen and oxygen atoms in total. The summed E-state index contributed by atoms with van der Waals surface area (Å²) in [6.07, 6.45) is 88.3. The molecule has 1 atom stereocenters. The average molecular weight is 1070 g/mol. The molecule has 0 bridgehead atoms. The Kier molecular flexibility index (Phi) is 61.3. The number of allylic oxidation sites excluding steroid dienone is 18. The summed E-state index contributed by atoms with van der Waals surface area (Å²) >= 11 is 0. The van der Waals surface area contributed by atoms with Gasteiger partial charge >= 0.3 is 17.9 Å². The molecule has 0 N–H and O–H groups in total. The van der Waals surface area contributed by atoms with Gasteiger partial charge < -0.3 is 14.2 Å². The maximum atomic E-state index is 12.9. The first-order valence-corrected chi connectivity index (χ1v) is 32.4. The van der Waals surface area contributed by atoms with Crippen LogP contribution >= 0.6 is 0 Å². The molecule has 0 aromatic carbocycles. The Labute approximate surface area is 476 Å². The second-order valence-corrected chi connectivity index (χ2v) is 21.3. The quantitative estimate of drug-likeness (QED) is 0.0261. The molecule has 77 heavy (non-hydrogen) atoms. The van der Waals surface area contributed by atoms with E-state index in [9.17, 15) is 14.4 Å². The molecule has 0 heterocycles. The predicted octanol–water partition coefficient (Wildman–Crippen LogP) is 22.2. The topological polar surface area (TPSA) is 78.9 Å². The first-order chi connectivity index (χ1) is 38.0. The highest BCUT2D eigenvalue weighted by Crippen LogP contribution is 2.16. The first kappa shape index (κ1) is 73.1. The Morgan fingerprint density at radius 3 is 0.831 bits per heavy atom. The largest absolute Gasteiger partial charge is 0.462 e. The smallest absolute Gasteiger partial charge is 0.306 e. The highest BCUT2D eigenvalue weighted by molar-refractivity contribution is 5.71. The van der Waals surface area contributed by atoms with Gasteiger partial charge in [0.25, 0.3) is 0 Å². The van der Waals surface area contributed by atoms with Gasteiger partial charge in [0.2, 0.25) is 0 Å². The molecule has 0 aromatic rings. The van der Waals surface area contributed by atoms with E-state index in [2.05, 4.69) is 130 Å². The fourth-order valence-corrected chi connectivity index (χ4v) is 8.95. The summed E-state index contributed by atoms with van der Waals surface area (Å²) < 4.78 is 16.9. The van der Waals surface area contributed by atoms with Gasteiger partial charge in [0.05, 0.1) is 0 Å². The van der Waals surface area contributed by atoms with Gasteiger partial charge in [-0.3, -0.25) is 14.4 Å². The number of hydrogen-bond acceptors (Lipinski definition) is 6. The molecule has 0 spiro atoms. The molecule has 0 rings (SSSR count). The van der Waals surface area contributed by atoms with Gasteiger partial charge in [-0.05, 0) is 122 Å². The molecule has 0 aliphatic carbocycles. The van der Waals surface area contributed by atoms with E-state index in [1.165, 1.54) is 141 Å². The van der Waals surface area contributed by atoms with Gasteiger partial charge in [0, 0.05) is 19.3 Å². The van der Waals surface area contributed by atoms with Crippen molar-refractivity contribution in [2.75, 3.05) is 13.2 Å². The van der Waals surface area contributed by atoms with E-state index in [-0.39, 0.29) is 37.5 Å². The van der Waals surface area contributed by atoms with Crippen molar-refractivity contribution in [2.24, 2.45) is 0 Å². The second-order valence-electron chi connectivity index (χ2n) is 21.3. The lowest BCUT2D eigenvalue weighted by Gasteiger charge is -2.18. The van der Waals surface area contributed by atoms with Gasteiger partial charge in [-0.2, -0.15) is 0 Å². The van der Waals surface area contributed by atoms with Crippen LogP contribution in [0.25, 0.3) is 0 Å². The molecule has 0 saturated heterocycles. The van der Waals surface area contributed by atoms with Crippen LogP contribution in [0, 0.1) is 0 Å². The lowest BCUT2D eigenvalue weighted by atomic mass is 10.0. The molecule has 0 radical (unpaired) electrons. The van der Waals surface area contributed by atoms with Crippen molar-refractivity contribution in [3.63, 3.8) is 0 Å². The summed E-state index contributed by atoms with van der Waals surface area (Å²) in [7, 11) is 0. The summed E-state index contributed by atoms with van der Waals surface area (Å²) in [5.41, 5.74) is 0. The SMILES string of the molecule is CC/C=C\C/C=C\C/C=C\C/C=C\CCCCCCC(=O)OC(COC(=O)CCCC/C=C\C/C=C\C/C=C\C/C=C\CC)COC(=O)CCCCCCCCCCCCCCCCC/C=C\CCCCCCCCCC.